The van der Waals surface area contributed by atoms with Crippen LogP contribution in [0, 0.1) is 6.92 Å². The third-order valence-electron chi connectivity index (χ3n) is 4.27. The van der Waals surface area contributed by atoms with E-state index in [1.165, 1.54) is 0 Å². The number of carbonyl (C=O) groups excluding carboxylic acids is 1. The molecule has 6 heteroatoms. The summed E-state index contributed by atoms with van der Waals surface area (Å²) in [6.45, 7) is 1.97. The van der Waals surface area contributed by atoms with Crippen molar-refractivity contribution in [2.45, 2.75) is 19.8 Å². The van der Waals surface area contributed by atoms with Gasteiger partial charge in [0, 0.05) is 35.2 Å². The van der Waals surface area contributed by atoms with Gasteiger partial charge in [-0.1, -0.05) is 18.2 Å². The average Bonchev–Trinajstić information content (AvgIpc) is 2.65. The second-order valence-electron chi connectivity index (χ2n) is 6.26. The Balaban J connectivity index is 1.56. The van der Waals surface area contributed by atoms with E-state index in [0.717, 1.165) is 40.4 Å². The molecule has 4 rings (SSSR count). The molecule has 0 aliphatic carbocycles. The van der Waals surface area contributed by atoms with Gasteiger partial charge in [0.1, 0.15) is 5.82 Å². The van der Waals surface area contributed by atoms with Crippen LogP contribution in [0.2, 0.25) is 0 Å². The molecule has 2 heterocycles. The number of rotatable bonds is 4. The lowest BCUT2D eigenvalue weighted by atomic mass is 10.0. The minimum Gasteiger partial charge on any atom is -0.340 e. The normalized spacial score (nSPS) is 12.9. The van der Waals surface area contributed by atoms with Gasteiger partial charge in [-0.3, -0.25) is 4.79 Å². The molecule has 0 bridgehead atoms. The van der Waals surface area contributed by atoms with Gasteiger partial charge in [-0.05, 0) is 49.2 Å². The number of carbonyl (C=O) groups is 1. The first-order valence-corrected chi connectivity index (χ1v) is 8.53. The summed E-state index contributed by atoms with van der Waals surface area (Å²) in [4.78, 5) is 20.4. The van der Waals surface area contributed by atoms with Crippen LogP contribution >= 0.6 is 0 Å². The van der Waals surface area contributed by atoms with Crippen LogP contribution in [-0.4, -0.2) is 15.9 Å². The molecular formula is C20H19N5O. The summed E-state index contributed by atoms with van der Waals surface area (Å²) in [5, 5.41) is 9.45. The Bertz CT molecular complexity index is 956. The van der Waals surface area contributed by atoms with Crippen molar-refractivity contribution in [3.8, 4) is 0 Å². The number of nitrogens with zero attached hydrogens (tertiary/aromatic N) is 2. The predicted octanol–water partition coefficient (Wildman–Crippen LogP) is 4.16. The van der Waals surface area contributed by atoms with Gasteiger partial charge in [-0.2, -0.15) is 4.98 Å². The Kier molecular flexibility index (Phi) is 4.23. The van der Waals surface area contributed by atoms with Gasteiger partial charge < -0.3 is 16.0 Å². The molecule has 0 saturated heterocycles. The van der Waals surface area contributed by atoms with Crippen LogP contribution in [0.5, 0.6) is 0 Å². The van der Waals surface area contributed by atoms with Crippen LogP contribution in [0.1, 0.15) is 17.5 Å². The highest BCUT2D eigenvalue weighted by Crippen LogP contribution is 2.28. The third kappa shape index (κ3) is 3.49. The summed E-state index contributed by atoms with van der Waals surface area (Å²) in [6, 6.07) is 15.7. The number of para-hydroxylation sites is 1. The predicted molar refractivity (Wildman–Crippen MR) is 103 cm³/mol. The highest BCUT2D eigenvalue weighted by Gasteiger charge is 2.15. The van der Waals surface area contributed by atoms with Gasteiger partial charge in [0.2, 0.25) is 11.9 Å². The number of fused-ring (bicyclic) bond motifs is 1. The minimum atomic E-state index is 0.0708. The summed E-state index contributed by atoms with van der Waals surface area (Å²) in [5.41, 5.74) is 4.84. The molecule has 1 aliphatic heterocycles. The van der Waals surface area contributed by atoms with Gasteiger partial charge in [-0.15, -0.1) is 0 Å². The fourth-order valence-electron chi connectivity index (χ4n) is 2.88. The van der Waals surface area contributed by atoms with Crippen molar-refractivity contribution in [3.63, 3.8) is 0 Å². The van der Waals surface area contributed by atoms with E-state index in [-0.39, 0.29) is 5.91 Å². The molecule has 0 saturated carbocycles. The van der Waals surface area contributed by atoms with Crippen molar-refractivity contribution in [2.24, 2.45) is 0 Å². The molecule has 1 aliphatic rings. The minimum absolute atomic E-state index is 0.0708. The Morgan fingerprint density at radius 2 is 1.85 bits per heavy atom. The summed E-state index contributed by atoms with van der Waals surface area (Å²) in [5.74, 6) is 1.36. The van der Waals surface area contributed by atoms with Crippen molar-refractivity contribution < 1.29 is 4.79 Å². The van der Waals surface area contributed by atoms with Crippen molar-refractivity contribution in [1.82, 2.24) is 9.97 Å². The Hall–Kier alpha value is -3.41. The molecule has 2 aromatic carbocycles. The lowest BCUT2D eigenvalue weighted by molar-refractivity contribution is -0.116. The van der Waals surface area contributed by atoms with E-state index in [0.29, 0.717) is 12.4 Å². The largest absolute Gasteiger partial charge is 0.340 e. The maximum atomic E-state index is 11.5. The summed E-state index contributed by atoms with van der Waals surface area (Å²) < 4.78 is 0. The first-order chi connectivity index (χ1) is 12.7. The van der Waals surface area contributed by atoms with Crippen LogP contribution in [0.25, 0.3) is 0 Å². The maximum Gasteiger partial charge on any atom is 0.229 e. The van der Waals surface area contributed by atoms with E-state index in [1.54, 1.807) is 6.20 Å². The lowest BCUT2D eigenvalue weighted by Gasteiger charge is -2.18. The quantitative estimate of drug-likeness (QED) is 0.662. The van der Waals surface area contributed by atoms with E-state index in [2.05, 4.69) is 32.0 Å². The number of aromatic nitrogens is 2. The lowest BCUT2D eigenvalue weighted by Crippen LogP contribution is -2.18. The molecule has 1 amide bonds. The van der Waals surface area contributed by atoms with Gasteiger partial charge in [0.15, 0.2) is 0 Å². The Labute approximate surface area is 151 Å². The Morgan fingerprint density at radius 1 is 1.00 bits per heavy atom. The summed E-state index contributed by atoms with van der Waals surface area (Å²) >= 11 is 0. The fourth-order valence-corrected chi connectivity index (χ4v) is 2.88. The van der Waals surface area contributed by atoms with Gasteiger partial charge in [-0.25, -0.2) is 4.98 Å². The number of hydrogen-bond donors (Lipinski definition) is 3. The molecule has 26 heavy (non-hydrogen) atoms. The first kappa shape index (κ1) is 16.1. The number of hydrogen-bond acceptors (Lipinski definition) is 5. The van der Waals surface area contributed by atoms with E-state index in [4.69, 9.17) is 0 Å². The molecule has 130 valence electrons. The SMILES string of the molecule is Cc1cnc(Nc2ccccc2)nc1Nc1ccc2c(c1)CCC(=O)N2. The molecule has 1 aromatic heterocycles. The number of nitrogens with one attached hydrogen (secondary N) is 3. The molecule has 0 radical (unpaired) electrons. The molecular weight excluding hydrogens is 326 g/mol. The van der Waals surface area contributed by atoms with E-state index in [9.17, 15) is 4.79 Å². The standard InChI is InChI=1S/C20H19N5O/c1-13-12-21-20(23-15-5-3-2-4-6-15)25-19(13)22-16-8-9-17-14(11-16)7-10-18(26)24-17/h2-6,8-9,11-12H,7,10H2,1H3,(H,24,26)(H2,21,22,23,25). The zero-order valence-corrected chi connectivity index (χ0v) is 14.4. The smallest absolute Gasteiger partial charge is 0.229 e. The molecule has 0 fully saturated rings. The Morgan fingerprint density at radius 3 is 2.69 bits per heavy atom. The zero-order chi connectivity index (χ0) is 17.9. The monoisotopic (exact) mass is 345 g/mol. The number of aryl methyl sites for hydroxylation is 2. The number of amides is 1. The van der Waals surface area contributed by atoms with Gasteiger partial charge >= 0.3 is 0 Å². The van der Waals surface area contributed by atoms with Crippen LogP contribution < -0.4 is 16.0 Å². The summed E-state index contributed by atoms with van der Waals surface area (Å²) in [7, 11) is 0. The molecule has 3 aromatic rings. The highest BCUT2D eigenvalue weighted by molar-refractivity contribution is 5.94. The van der Waals surface area contributed by atoms with Crippen molar-refractivity contribution in [2.75, 3.05) is 16.0 Å². The van der Waals surface area contributed by atoms with E-state index >= 15 is 0 Å². The zero-order valence-electron chi connectivity index (χ0n) is 14.4. The second-order valence-corrected chi connectivity index (χ2v) is 6.26. The topological polar surface area (TPSA) is 78.9 Å². The van der Waals surface area contributed by atoms with Crippen molar-refractivity contribution >= 4 is 34.7 Å². The van der Waals surface area contributed by atoms with E-state index < -0.39 is 0 Å². The number of benzene rings is 2. The maximum absolute atomic E-state index is 11.5. The first-order valence-electron chi connectivity index (χ1n) is 8.53. The summed E-state index contributed by atoms with van der Waals surface area (Å²) in [6.07, 6.45) is 3.06. The molecule has 6 nitrogen and oxygen atoms in total. The molecule has 0 atom stereocenters. The molecule has 0 spiro atoms. The number of anilines is 5. The molecule has 3 N–H and O–H groups in total. The van der Waals surface area contributed by atoms with Crippen molar-refractivity contribution in [1.29, 1.82) is 0 Å². The second kappa shape index (κ2) is 6.84. The fraction of sp³-hybridized carbons (Fsp3) is 0.150. The van der Waals surface area contributed by atoms with Crippen LogP contribution in [-0.2, 0) is 11.2 Å². The van der Waals surface area contributed by atoms with Crippen LogP contribution in [0.15, 0.2) is 54.7 Å². The molecule has 0 unspecified atom stereocenters. The van der Waals surface area contributed by atoms with Crippen LogP contribution in [0.3, 0.4) is 0 Å². The van der Waals surface area contributed by atoms with Gasteiger partial charge in [0.25, 0.3) is 0 Å². The van der Waals surface area contributed by atoms with E-state index in [1.807, 2.05) is 49.4 Å². The van der Waals surface area contributed by atoms with Crippen LogP contribution in [0.4, 0.5) is 28.8 Å². The highest BCUT2D eigenvalue weighted by atomic mass is 16.1. The average molecular weight is 345 g/mol. The van der Waals surface area contributed by atoms with Gasteiger partial charge in [0.05, 0.1) is 0 Å². The third-order valence-corrected chi connectivity index (χ3v) is 4.27. The van der Waals surface area contributed by atoms with Crippen molar-refractivity contribution in [3.05, 3.63) is 65.9 Å².